The maximum absolute atomic E-state index is 11.2. The highest BCUT2D eigenvalue weighted by molar-refractivity contribution is 9.10. The van der Waals surface area contributed by atoms with E-state index >= 15 is 0 Å². The molecule has 86 valence electrons. The third kappa shape index (κ3) is 2.42. The van der Waals surface area contributed by atoms with E-state index in [2.05, 4.69) is 37.9 Å². The molecule has 0 aliphatic heterocycles. The molecule has 0 spiro atoms. The maximum atomic E-state index is 11.2. The average Bonchev–Trinajstić information content (AvgIpc) is 2.77. The highest BCUT2D eigenvalue weighted by atomic mass is 79.9. The number of aromatic nitrogens is 3. The van der Waals surface area contributed by atoms with Crippen LogP contribution in [0.25, 0.3) is 5.69 Å². The topological polar surface area (TPSA) is 59.8 Å². The molecule has 17 heavy (non-hydrogen) atoms. The predicted octanol–water partition coefficient (Wildman–Crippen LogP) is 2.15. The largest absolute Gasteiger partial charge is 0.291 e. The Morgan fingerprint density at radius 1 is 1.47 bits per heavy atom. The quantitative estimate of drug-likeness (QED) is 0.882. The molecule has 5 nitrogen and oxygen atoms in total. The molecule has 1 heterocycles. The first-order chi connectivity index (χ1) is 8.22. The van der Waals surface area contributed by atoms with Crippen molar-refractivity contribution in [3.05, 3.63) is 47.7 Å². The summed E-state index contributed by atoms with van der Waals surface area (Å²) in [5.74, 6) is 0.0214. The highest BCUT2D eigenvalue weighted by Gasteiger charge is 2.10. The summed E-state index contributed by atoms with van der Waals surface area (Å²) in [6, 6.07) is 7.52. The van der Waals surface area contributed by atoms with Crippen molar-refractivity contribution < 1.29 is 4.79 Å². The second kappa shape index (κ2) is 4.92. The van der Waals surface area contributed by atoms with Crippen molar-refractivity contribution in [1.29, 1.82) is 0 Å². The molecule has 6 heteroatoms. The molecule has 0 atom stereocenters. The van der Waals surface area contributed by atoms with E-state index in [4.69, 9.17) is 0 Å². The Morgan fingerprint density at radius 2 is 2.24 bits per heavy atom. The van der Waals surface area contributed by atoms with Crippen LogP contribution < -0.4 is 5.32 Å². The number of carbonyl (C=O) groups excluding carboxylic acids is 1. The number of anilines is 1. The van der Waals surface area contributed by atoms with Crippen LogP contribution in [0.15, 0.2) is 47.7 Å². The summed E-state index contributed by atoms with van der Waals surface area (Å²) >= 11 is 3.41. The zero-order valence-corrected chi connectivity index (χ0v) is 10.4. The number of para-hydroxylation sites is 1. The van der Waals surface area contributed by atoms with Crippen LogP contribution >= 0.6 is 15.9 Å². The summed E-state index contributed by atoms with van der Waals surface area (Å²) in [5.41, 5.74) is 0.796. The summed E-state index contributed by atoms with van der Waals surface area (Å²) < 4.78 is 2.39. The molecule has 1 aromatic heterocycles. The Labute approximate surface area is 106 Å². The summed E-state index contributed by atoms with van der Waals surface area (Å²) in [7, 11) is 0. The van der Waals surface area contributed by atoms with Gasteiger partial charge in [0.1, 0.15) is 6.33 Å². The Hall–Kier alpha value is -1.95. The van der Waals surface area contributed by atoms with E-state index < -0.39 is 0 Å². The van der Waals surface area contributed by atoms with Crippen LogP contribution in [0.1, 0.15) is 0 Å². The lowest BCUT2D eigenvalue weighted by atomic mass is 10.3. The van der Waals surface area contributed by atoms with Gasteiger partial charge in [-0.2, -0.15) is 14.8 Å². The average molecular weight is 293 g/mol. The van der Waals surface area contributed by atoms with Crippen molar-refractivity contribution in [2.45, 2.75) is 0 Å². The maximum Gasteiger partial charge on any atom is 0.250 e. The number of rotatable bonds is 3. The molecule has 1 N–H and O–H groups in total. The molecular weight excluding hydrogens is 284 g/mol. The molecule has 0 unspecified atom stereocenters. The van der Waals surface area contributed by atoms with Crippen molar-refractivity contribution >= 4 is 27.8 Å². The van der Waals surface area contributed by atoms with Gasteiger partial charge in [0.05, 0.1) is 5.69 Å². The van der Waals surface area contributed by atoms with Gasteiger partial charge in [-0.25, -0.2) is 0 Å². The van der Waals surface area contributed by atoms with Gasteiger partial charge in [0.25, 0.3) is 0 Å². The molecular formula is C11H9BrN4O. The fourth-order valence-electron chi connectivity index (χ4n) is 1.29. The van der Waals surface area contributed by atoms with Crippen molar-refractivity contribution in [3.63, 3.8) is 0 Å². The van der Waals surface area contributed by atoms with E-state index in [9.17, 15) is 4.79 Å². The van der Waals surface area contributed by atoms with Crippen molar-refractivity contribution in [2.24, 2.45) is 0 Å². The minimum Gasteiger partial charge on any atom is -0.291 e. The summed E-state index contributed by atoms with van der Waals surface area (Å²) in [5, 5.41) is 6.64. The number of nitrogens with one attached hydrogen (secondary N) is 1. The second-order valence-corrected chi connectivity index (χ2v) is 3.99. The Balaban J connectivity index is 2.40. The predicted molar refractivity (Wildman–Crippen MR) is 67.9 cm³/mol. The number of carbonyl (C=O) groups is 1. The number of hydrogen-bond donors (Lipinski definition) is 1. The van der Waals surface area contributed by atoms with Crippen LogP contribution in [0.5, 0.6) is 0 Å². The van der Waals surface area contributed by atoms with Crippen molar-refractivity contribution in [3.8, 4) is 5.69 Å². The molecule has 0 bridgehead atoms. The molecule has 1 aromatic carbocycles. The molecule has 0 fully saturated rings. The summed E-state index contributed by atoms with van der Waals surface area (Å²) in [6.07, 6.45) is 2.55. The van der Waals surface area contributed by atoms with E-state index in [1.807, 2.05) is 24.3 Å². The number of halogens is 1. The van der Waals surface area contributed by atoms with E-state index in [0.29, 0.717) is 5.95 Å². The Kier molecular flexibility index (Phi) is 3.34. The molecule has 0 aliphatic carbocycles. The molecule has 0 radical (unpaired) electrons. The fraction of sp³-hybridized carbons (Fsp3) is 0. The van der Waals surface area contributed by atoms with Crippen LogP contribution in [0.4, 0.5) is 5.95 Å². The van der Waals surface area contributed by atoms with Gasteiger partial charge in [0.15, 0.2) is 0 Å². The van der Waals surface area contributed by atoms with Gasteiger partial charge in [-0.15, -0.1) is 0 Å². The molecule has 1 amide bonds. The van der Waals surface area contributed by atoms with Crippen molar-refractivity contribution in [2.75, 3.05) is 5.32 Å². The first-order valence-electron chi connectivity index (χ1n) is 4.80. The van der Waals surface area contributed by atoms with Gasteiger partial charge >= 0.3 is 0 Å². The van der Waals surface area contributed by atoms with Gasteiger partial charge in [-0.3, -0.25) is 10.1 Å². The van der Waals surface area contributed by atoms with Gasteiger partial charge in [-0.1, -0.05) is 18.7 Å². The number of amides is 1. The van der Waals surface area contributed by atoms with E-state index in [1.54, 1.807) is 0 Å². The van der Waals surface area contributed by atoms with Crippen LogP contribution in [-0.2, 0) is 4.79 Å². The van der Waals surface area contributed by atoms with Crippen LogP contribution in [-0.4, -0.2) is 20.7 Å². The summed E-state index contributed by atoms with van der Waals surface area (Å²) in [6.45, 7) is 3.38. The number of hydrogen-bond acceptors (Lipinski definition) is 3. The molecule has 2 rings (SSSR count). The number of benzene rings is 1. The zero-order chi connectivity index (χ0) is 12.3. The van der Waals surface area contributed by atoms with Gasteiger partial charge in [0, 0.05) is 4.47 Å². The van der Waals surface area contributed by atoms with Crippen LogP contribution in [0.3, 0.4) is 0 Å². The zero-order valence-electron chi connectivity index (χ0n) is 8.80. The third-order valence-electron chi connectivity index (χ3n) is 2.05. The second-order valence-electron chi connectivity index (χ2n) is 3.14. The van der Waals surface area contributed by atoms with Gasteiger partial charge in [0.2, 0.25) is 11.9 Å². The first kappa shape index (κ1) is 11.5. The molecule has 2 aromatic rings. The standard InChI is InChI=1S/C11H9BrN4O/c1-2-10(17)15-11-13-7-14-16(11)9-6-4-3-5-8(9)12/h2-7H,1H2,(H,13,14,15,17). The molecule has 0 saturated heterocycles. The highest BCUT2D eigenvalue weighted by Crippen LogP contribution is 2.21. The normalized spacial score (nSPS) is 9.94. The Bertz CT molecular complexity index is 564. The van der Waals surface area contributed by atoms with Gasteiger partial charge < -0.3 is 0 Å². The lowest BCUT2D eigenvalue weighted by molar-refractivity contribution is -0.111. The first-order valence-corrected chi connectivity index (χ1v) is 5.60. The number of nitrogens with zero attached hydrogens (tertiary/aromatic N) is 3. The van der Waals surface area contributed by atoms with E-state index in [1.165, 1.54) is 17.1 Å². The fourth-order valence-corrected chi connectivity index (χ4v) is 1.74. The monoisotopic (exact) mass is 292 g/mol. The lowest BCUT2D eigenvalue weighted by Crippen LogP contribution is -2.13. The lowest BCUT2D eigenvalue weighted by Gasteiger charge is -2.07. The van der Waals surface area contributed by atoms with Crippen molar-refractivity contribution in [1.82, 2.24) is 14.8 Å². The minimum absolute atomic E-state index is 0.327. The minimum atomic E-state index is -0.327. The van der Waals surface area contributed by atoms with Crippen LogP contribution in [0, 0.1) is 0 Å². The van der Waals surface area contributed by atoms with Gasteiger partial charge in [-0.05, 0) is 34.1 Å². The Morgan fingerprint density at radius 3 is 2.94 bits per heavy atom. The molecule has 0 aliphatic rings. The smallest absolute Gasteiger partial charge is 0.250 e. The van der Waals surface area contributed by atoms with Crippen LogP contribution in [0.2, 0.25) is 0 Å². The van der Waals surface area contributed by atoms with E-state index in [0.717, 1.165) is 10.2 Å². The van der Waals surface area contributed by atoms with E-state index in [-0.39, 0.29) is 5.91 Å². The summed E-state index contributed by atoms with van der Waals surface area (Å²) in [4.78, 5) is 15.2. The third-order valence-corrected chi connectivity index (χ3v) is 2.72. The SMILES string of the molecule is C=CC(=O)Nc1ncnn1-c1ccccc1Br. The molecule has 0 saturated carbocycles.